The molecule has 0 aliphatic heterocycles. The van der Waals surface area contributed by atoms with E-state index in [0.29, 0.717) is 12.1 Å². The van der Waals surface area contributed by atoms with Gasteiger partial charge in [-0.15, -0.1) is 0 Å². The second-order valence-corrected chi connectivity index (χ2v) is 4.52. The summed E-state index contributed by atoms with van der Waals surface area (Å²) in [5.41, 5.74) is 8.02. The number of hydrogen-bond acceptors (Lipinski definition) is 5. The monoisotopic (exact) mass is 271 g/mol. The molecule has 0 saturated heterocycles. The van der Waals surface area contributed by atoms with E-state index in [-0.39, 0.29) is 5.84 Å². The van der Waals surface area contributed by atoms with E-state index in [2.05, 4.69) is 15.1 Å². The number of amidine groups is 1. The molecule has 0 bridgehead atoms. The van der Waals surface area contributed by atoms with Crippen LogP contribution < -0.4 is 10.6 Å². The van der Waals surface area contributed by atoms with Gasteiger partial charge in [-0.1, -0.05) is 11.2 Å². The third-order valence-corrected chi connectivity index (χ3v) is 2.86. The fraction of sp³-hybridized carbons (Fsp3) is 0.214. The summed E-state index contributed by atoms with van der Waals surface area (Å²) in [5, 5.41) is 11.8. The zero-order chi connectivity index (χ0) is 14.5. The normalized spacial score (nSPS) is 11.4. The lowest BCUT2D eigenvalue weighted by Crippen LogP contribution is -2.20. The molecule has 2 aromatic heterocycles. The molecule has 2 rings (SSSR count). The molecule has 0 fully saturated rings. The number of aromatic nitrogens is 2. The first-order chi connectivity index (χ1) is 9.60. The van der Waals surface area contributed by atoms with Gasteiger partial charge >= 0.3 is 0 Å². The van der Waals surface area contributed by atoms with Crippen LogP contribution in [0.2, 0.25) is 0 Å². The third-order valence-electron chi connectivity index (χ3n) is 2.86. The first-order valence-corrected chi connectivity index (χ1v) is 6.18. The zero-order valence-electron chi connectivity index (χ0n) is 11.5. The zero-order valence-corrected chi connectivity index (χ0v) is 11.5. The van der Waals surface area contributed by atoms with Crippen molar-refractivity contribution in [3.63, 3.8) is 0 Å². The van der Waals surface area contributed by atoms with E-state index in [1.54, 1.807) is 18.3 Å². The number of nitrogens with zero attached hydrogens (tertiary/aromatic N) is 4. The van der Waals surface area contributed by atoms with Crippen LogP contribution in [-0.2, 0) is 6.54 Å². The van der Waals surface area contributed by atoms with Gasteiger partial charge in [0.05, 0.1) is 12.2 Å². The van der Waals surface area contributed by atoms with Crippen LogP contribution >= 0.6 is 0 Å². The van der Waals surface area contributed by atoms with Crippen molar-refractivity contribution in [2.24, 2.45) is 10.9 Å². The van der Waals surface area contributed by atoms with Crippen LogP contribution in [0.1, 0.15) is 17.0 Å². The Kier molecular flexibility index (Phi) is 4.14. The lowest BCUT2D eigenvalue weighted by Gasteiger charge is -2.19. The molecule has 0 radical (unpaired) electrons. The van der Waals surface area contributed by atoms with E-state index < -0.39 is 0 Å². The summed E-state index contributed by atoms with van der Waals surface area (Å²) in [4.78, 5) is 10.7. The molecular formula is C14H17N5O. The van der Waals surface area contributed by atoms with Crippen molar-refractivity contribution in [3.05, 3.63) is 53.5 Å². The maximum absolute atomic E-state index is 8.76. The predicted molar refractivity (Wildman–Crippen MR) is 77.8 cm³/mol. The highest BCUT2D eigenvalue weighted by molar-refractivity contribution is 5.97. The average molecular weight is 271 g/mol. The predicted octanol–water partition coefficient (Wildman–Crippen LogP) is 1.52. The van der Waals surface area contributed by atoms with Crippen LogP contribution in [0, 0.1) is 6.92 Å². The van der Waals surface area contributed by atoms with E-state index in [9.17, 15) is 0 Å². The minimum atomic E-state index is 0.0722. The highest BCUT2D eigenvalue weighted by Crippen LogP contribution is 2.15. The van der Waals surface area contributed by atoms with Crippen molar-refractivity contribution in [3.8, 4) is 0 Å². The van der Waals surface area contributed by atoms with Gasteiger partial charge in [0.15, 0.2) is 5.84 Å². The van der Waals surface area contributed by atoms with E-state index in [0.717, 1.165) is 17.2 Å². The van der Waals surface area contributed by atoms with Crippen molar-refractivity contribution >= 4 is 11.7 Å². The van der Waals surface area contributed by atoms with Crippen molar-refractivity contribution in [2.75, 3.05) is 11.9 Å². The van der Waals surface area contributed by atoms with Gasteiger partial charge in [-0.25, -0.2) is 4.98 Å². The van der Waals surface area contributed by atoms with Gasteiger partial charge in [0, 0.05) is 24.5 Å². The number of aryl methyl sites for hydroxylation is 1. The molecule has 0 atom stereocenters. The molecule has 0 saturated carbocycles. The number of rotatable bonds is 4. The molecule has 0 spiro atoms. The number of anilines is 1. The Morgan fingerprint density at radius 1 is 1.40 bits per heavy atom. The van der Waals surface area contributed by atoms with Gasteiger partial charge in [-0.05, 0) is 31.2 Å². The second kappa shape index (κ2) is 6.01. The average Bonchev–Trinajstić information content (AvgIpc) is 2.46. The number of pyridine rings is 2. The molecule has 6 heteroatoms. The molecule has 0 aliphatic carbocycles. The van der Waals surface area contributed by atoms with Crippen molar-refractivity contribution in [1.29, 1.82) is 0 Å². The Hall–Kier alpha value is -2.63. The molecule has 6 nitrogen and oxygen atoms in total. The van der Waals surface area contributed by atoms with Crippen molar-refractivity contribution in [2.45, 2.75) is 13.5 Å². The minimum Gasteiger partial charge on any atom is -0.409 e. The Bertz CT molecular complexity index is 612. The summed E-state index contributed by atoms with van der Waals surface area (Å²) in [6, 6.07) is 9.33. The molecule has 0 unspecified atom stereocenters. The van der Waals surface area contributed by atoms with Crippen LogP contribution in [0.15, 0.2) is 41.7 Å². The highest BCUT2D eigenvalue weighted by Gasteiger charge is 2.09. The Balaban J connectivity index is 2.26. The molecular weight excluding hydrogens is 254 g/mol. The van der Waals surface area contributed by atoms with Crippen molar-refractivity contribution < 1.29 is 5.21 Å². The molecule has 3 N–H and O–H groups in total. The standard InChI is InChI=1S/C14H17N5O/c1-10-7-11(14(15)18-20)8-13(17-10)19(2)9-12-5-3-4-6-16-12/h3-8,20H,9H2,1-2H3,(H2,15,18). The molecule has 0 amide bonds. The van der Waals surface area contributed by atoms with E-state index in [4.69, 9.17) is 10.9 Å². The summed E-state index contributed by atoms with van der Waals surface area (Å²) >= 11 is 0. The Labute approximate surface area is 117 Å². The van der Waals surface area contributed by atoms with Gasteiger partial charge < -0.3 is 15.8 Å². The minimum absolute atomic E-state index is 0.0722. The van der Waals surface area contributed by atoms with Gasteiger partial charge in [0.2, 0.25) is 0 Å². The van der Waals surface area contributed by atoms with Crippen LogP contribution in [-0.4, -0.2) is 28.1 Å². The van der Waals surface area contributed by atoms with Crippen LogP contribution in [0.3, 0.4) is 0 Å². The first-order valence-electron chi connectivity index (χ1n) is 6.18. The van der Waals surface area contributed by atoms with Crippen LogP contribution in [0.5, 0.6) is 0 Å². The van der Waals surface area contributed by atoms with E-state index in [1.165, 1.54) is 0 Å². The second-order valence-electron chi connectivity index (χ2n) is 4.52. The summed E-state index contributed by atoms with van der Waals surface area (Å²) in [5.74, 6) is 0.820. The van der Waals surface area contributed by atoms with E-state index >= 15 is 0 Å². The number of nitrogens with two attached hydrogens (primary N) is 1. The molecule has 20 heavy (non-hydrogen) atoms. The largest absolute Gasteiger partial charge is 0.409 e. The summed E-state index contributed by atoms with van der Waals surface area (Å²) in [7, 11) is 1.92. The maximum atomic E-state index is 8.76. The molecule has 0 aromatic carbocycles. The SMILES string of the molecule is Cc1cc(/C(N)=N/O)cc(N(C)Cc2ccccn2)n1. The topological polar surface area (TPSA) is 87.6 Å². The quantitative estimate of drug-likeness (QED) is 0.381. The molecule has 104 valence electrons. The third kappa shape index (κ3) is 3.23. The Morgan fingerprint density at radius 2 is 2.20 bits per heavy atom. The maximum Gasteiger partial charge on any atom is 0.170 e. The van der Waals surface area contributed by atoms with Crippen LogP contribution in [0.4, 0.5) is 5.82 Å². The lowest BCUT2D eigenvalue weighted by molar-refractivity contribution is 0.318. The van der Waals surface area contributed by atoms with Gasteiger partial charge in [0.1, 0.15) is 5.82 Å². The van der Waals surface area contributed by atoms with Gasteiger partial charge in [0.25, 0.3) is 0 Å². The Morgan fingerprint density at radius 3 is 2.85 bits per heavy atom. The van der Waals surface area contributed by atoms with Crippen molar-refractivity contribution in [1.82, 2.24) is 9.97 Å². The highest BCUT2D eigenvalue weighted by atomic mass is 16.4. The first kappa shape index (κ1) is 13.8. The fourth-order valence-corrected chi connectivity index (χ4v) is 1.87. The summed E-state index contributed by atoms with van der Waals surface area (Å²) in [6.45, 7) is 2.50. The van der Waals surface area contributed by atoms with Crippen LogP contribution in [0.25, 0.3) is 0 Å². The lowest BCUT2D eigenvalue weighted by atomic mass is 10.2. The summed E-state index contributed by atoms with van der Waals surface area (Å²) in [6.07, 6.45) is 1.76. The smallest absolute Gasteiger partial charge is 0.170 e. The molecule has 2 aromatic rings. The molecule has 0 aliphatic rings. The molecule has 2 heterocycles. The number of oxime groups is 1. The summed E-state index contributed by atoms with van der Waals surface area (Å²) < 4.78 is 0. The van der Waals surface area contributed by atoms with Gasteiger partial charge in [-0.3, -0.25) is 4.98 Å². The fourth-order valence-electron chi connectivity index (χ4n) is 1.87. The number of hydrogen-bond donors (Lipinski definition) is 2. The van der Waals surface area contributed by atoms with E-state index in [1.807, 2.05) is 37.1 Å². The van der Waals surface area contributed by atoms with Gasteiger partial charge in [-0.2, -0.15) is 0 Å².